The largest absolute Gasteiger partial charge is 0.368 e. The van der Waals surface area contributed by atoms with Crippen LogP contribution in [0.25, 0.3) is 10.9 Å². The van der Waals surface area contributed by atoms with Crippen LogP contribution < -0.4 is 0 Å². The van der Waals surface area contributed by atoms with E-state index in [-0.39, 0.29) is 12.0 Å². The van der Waals surface area contributed by atoms with Gasteiger partial charge in [0.1, 0.15) is 6.10 Å². The van der Waals surface area contributed by atoms with Gasteiger partial charge in [-0.25, -0.2) is 0 Å². The lowest BCUT2D eigenvalue weighted by Gasteiger charge is -2.09. The molecule has 0 radical (unpaired) electrons. The average molecular weight is 215 g/mol. The lowest BCUT2D eigenvalue weighted by atomic mass is 10.2. The predicted molar refractivity (Wildman–Crippen MR) is 61.5 cm³/mol. The fraction of sp³-hybridized carbons (Fsp3) is 0.308. The average Bonchev–Trinajstić information content (AvgIpc) is 2.98. The zero-order valence-electron chi connectivity index (χ0n) is 8.93. The summed E-state index contributed by atoms with van der Waals surface area (Å²) in [5.41, 5.74) is 0.961. The second-order valence-electron chi connectivity index (χ2n) is 4.08. The van der Waals surface area contributed by atoms with Crippen LogP contribution in [0.5, 0.6) is 0 Å². The number of carbonyl (C=O) groups is 1. The van der Waals surface area contributed by atoms with Gasteiger partial charge < -0.3 is 4.74 Å². The molecule has 0 N–H and O–H groups in total. The van der Waals surface area contributed by atoms with Crippen molar-refractivity contribution in [3.8, 4) is 0 Å². The minimum absolute atomic E-state index is 0.0544. The second-order valence-corrected chi connectivity index (χ2v) is 4.08. The SMILES string of the molecule is O=C([C@@H]1CCCO1)n1ccc2ccccc21. The van der Waals surface area contributed by atoms with Gasteiger partial charge in [-0.2, -0.15) is 0 Å². The summed E-state index contributed by atoms with van der Waals surface area (Å²) in [6.45, 7) is 0.704. The molecule has 1 saturated heterocycles. The van der Waals surface area contributed by atoms with Gasteiger partial charge in [0.2, 0.25) is 0 Å². The van der Waals surface area contributed by atoms with Crippen molar-refractivity contribution in [1.82, 2.24) is 4.57 Å². The Morgan fingerprint density at radius 1 is 1.31 bits per heavy atom. The van der Waals surface area contributed by atoms with Crippen molar-refractivity contribution in [2.75, 3.05) is 6.61 Å². The van der Waals surface area contributed by atoms with Crippen molar-refractivity contribution in [3.63, 3.8) is 0 Å². The number of benzene rings is 1. The van der Waals surface area contributed by atoms with E-state index in [1.807, 2.05) is 36.5 Å². The topological polar surface area (TPSA) is 31.2 Å². The minimum atomic E-state index is -0.254. The van der Waals surface area contributed by atoms with E-state index in [2.05, 4.69) is 0 Å². The molecular weight excluding hydrogens is 202 g/mol. The van der Waals surface area contributed by atoms with Crippen LogP contribution in [-0.2, 0) is 4.74 Å². The third-order valence-electron chi connectivity index (χ3n) is 3.04. The van der Waals surface area contributed by atoms with E-state index in [0.717, 1.165) is 23.7 Å². The number of hydrogen-bond donors (Lipinski definition) is 0. The number of rotatable bonds is 1. The highest BCUT2D eigenvalue weighted by Gasteiger charge is 2.25. The van der Waals surface area contributed by atoms with Gasteiger partial charge in [0.15, 0.2) is 0 Å². The third kappa shape index (κ3) is 1.44. The smallest absolute Gasteiger partial charge is 0.260 e. The van der Waals surface area contributed by atoms with Crippen molar-refractivity contribution >= 4 is 16.8 Å². The Morgan fingerprint density at radius 2 is 2.19 bits per heavy atom. The Morgan fingerprint density at radius 3 is 3.00 bits per heavy atom. The second kappa shape index (κ2) is 3.76. The predicted octanol–water partition coefficient (Wildman–Crippen LogP) is 2.46. The summed E-state index contributed by atoms with van der Waals surface area (Å²) >= 11 is 0. The molecule has 0 bridgehead atoms. The molecule has 3 heteroatoms. The zero-order valence-corrected chi connectivity index (χ0v) is 8.93. The van der Waals surface area contributed by atoms with Crippen LogP contribution in [0.4, 0.5) is 0 Å². The van der Waals surface area contributed by atoms with Crippen LogP contribution in [-0.4, -0.2) is 23.2 Å². The normalized spacial score (nSPS) is 20.4. The maximum absolute atomic E-state index is 12.2. The molecule has 1 aromatic carbocycles. The molecule has 1 atom stereocenters. The first-order valence-electron chi connectivity index (χ1n) is 5.58. The van der Waals surface area contributed by atoms with E-state index < -0.39 is 0 Å². The molecule has 82 valence electrons. The highest BCUT2D eigenvalue weighted by atomic mass is 16.5. The molecule has 0 unspecified atom stereocenters. The van der Waals surface area contributed by atoms with Crippen LogP contribution in [0.1, 0.15) is 17.6 Å². The lowest BCUT2D eigenvalue weighted by molar-refractivity contribution is 0.0560. The van der Waals surface area contributed by atoms with Crippen molar-refractivity contribution in [3.05, 3.63) is 36.5 Å². The fourth-order valence-electron chi connectivity index (χ4n) is 2.20. The summed E-state index contributed by atoms with van der Waals surface area (Å²) in [4.78, 5) is 12.2. The van der Waals surface area contributed by atoms with Crippen LogP contribution in [0.15, 0.2) is 36.5 Å². The van der Waals surface area contributed by atoms with Gasteiger partial charge in [-0.05, 0) is 25.0 Å². The third-order valence-corrected chi connectivity index (χ3v) is 3.04. The Kier molecular flexibility index (Phi) is 2.26. The molecule has 0 spiro atoms. The van der Waals surface area contributed by atoms with Crippen LogP contribution >= 0.6 is 0 Å². The number of carbonyl (C=O) groups excluding carboxylic acids is 1. The number of para-hydroxylation sites is 1. The maximum atomic E-state index is 12.2. The molecule has 2 aromatic rings. The van der Waals surface area contributed by atoms with Crippen molar-refractivity contribution in [2.45, 2.75) is 18.9 Å². The summed E-state index contributed by atoms with van der Waals surface area (Å²) < 4.78 is 7.12. The first-order chi connectivity index (χ1) is 7.86. The van der Waals surface area contributed by atoms with E-state index in [1.165, 1.54) is 0 Å². The molecule has 0 aliphatic carbocycles. The zero-order chi connectivity index (χ0) is 11.0. The Hall–Kier alpha value is -1.61. The molecule has 1 aliphatic rings. The van der Waals surface area contributed by atoms with Gasteiger partial charge in [0.25, 0.3) is 5.91 Å². The van der Waals surface area contributed by atoms with Gasteiger partial charge in [0.05, 0.1) is 5.52 Å². The molecule has 2 heterocycles. The summed E-state index contributed by atoms with van der Waals surface area (Å²) in [5, 5.41) is 1.09. The summed E-state index contributed by atoms with van der Waals surface area (Å²) in [5.74, 6) is 0.0544. The molecule has 3 nitrogen and oxygen atoms in total. The Balaban J connectivity index is 2.02. The first kappa shape index (κ1) is 9.60. The Labute approximate surface area is 93.6 Å². The molecule has 1 aromatic heterocycles. The molecular formula is C13H13NO2. The van der Waals surface area contributed by atoms with E-state index >= 15 is 0 Å². The summed E-state index contributed by atoms with van der Waals surface area (Å²) in [6, 6.07) is 9.85. The molecule has 1 fully saturated rings. The van der Waals surface area contributed by atoms with Gasteiger partial charge in [0, 0.05) is 18.2 Å². The number of hydrogen-bond acceptors (Lipinski definition) is 2. The number of aromatic nitrogens is 1. The van der Waals surface area contributed by atoms with Crippen molar-refractivity contribution in [2.24, 2.45) is 0 Å². The van der Waals surface area contributed by atoms with Crippen molar-refractivity contribution < 1.29 is 9.53 Å². The summed E-state index contributed by atoms with van der Waals surface area (Å²) in [7, 11) is 0. The van der Waals surface area contributed by atoms with Gasteiger partial charge in [-0.15, -0.1) is 0 Å². The van der Waals surface area contributed by atoms with Crippen LogP contribution in [0, 0.1) is 0 Å². The van der Waals surface area contributed by atoms with Gasteiger partial charge in [-0.3, -0.25) is 9.36 Å². The van der Waals surface area contributed by atoms with E-state index in [1.54, 1.807) is 4.57 Å². The molecule has 16 heavy (non-hydrogen) atoms. The lowest BCUT2D eigenvalue weighted by Crippen LogP contribution is -2.25. The van der Waals surface area contributed by atoms with Gasteiger partial charge >= 0.3 is 0 Å². The molecule has 3 rings (SSSR count). The minimum Gasteiger partial charge on any atom is -0.368 e. The van der Waals surface area contributed by atoms with E-state index in [0.29, 0.717) is 6.61 Å². The monoisotopic (exact) mass is 215 g/mol. The first-order valence-corrected chi connectivity index (χ1v) is 5.58. The fourth-order valence-corrected chi connectivity index (χ4v) is 2.20. The standard InChI is InChI=1S/C13H13NO2/c15-13(12-6-3-9-16-12)14-8-7-10-4-1-2-5-11(10)14/h1-2,4-5,7-8,12H,3,6,9H2/t12-/m0/s1. The Bertz CT molecular complexity index is 523. The quantitative estimate of drug-likeness (QED) is 0.731. The van der Waals surface area contributed by atoms with Crippen molar-refractivity contribution in [1.29, 1.82) is 0 Å². The molecule has 0 amide bonds. The maximum Gasteiger partial charge on any atom is 0.260 e. The number of fused-ring (bicyclic) bond motifs is 1. The van der Waals surface area contributed by atoms with Crippen LogP contribution in [0.3, 0.4) is 0 Å². The number of nitrogens with zero attached hydrogens (tertiary/aromatic N) is 1. The summed E-state index contributed by atoms with van der Waals surface area (Å²) in [6.07, 6.45) is 3.39. The highest BCUT2D eigenvalue weighted by molar-refractivity contribution is 5.94. The van der Waals surface area contributed by atoms with E-state index in [4.69, 9.17) is 4.74 Å². The highest BCUT2D eigenvalue weighted by Crippen LogP contribution is 2.19. The molecule has 0 saturated carbocycles. The van der Waals surface area contributed by atoms with E-state index in [9.17, 15) is 4.79 Å². The van der Waals surface area contributed by atoms with Crippen LogP contribution in [0.2, 0.25) is 0 Å². The number of ether oxygens (including phenoxy) is 1. The van der Waals surface area contributed by atoms with Gasteiger partial charge in [-0.1, -0.05) is 18.2 Å². The molecule has 1 aliphatic heterocycles.